The number of para-hydroxylation sites is 1. The molecule has 0 unspecified atom stereocenters. The van der Waals surface area contributed by atoms with E-state index in [1.165, 1.54) is 11.9 Å². The molecule has 0 amide bonds. The quantitative estimate of drug-likeness (QED) is 0.519. The zero-order valence-electron chi connectivity index (χ0n) is 15.8. The lowest BCUT2D eigenvalue weighted by Crippen LogP contribution is -2.26. The van der Waals surface area contributed by atoms with Gasteiger partial charge in [0.1, 0.15) is 6.33 Å². The number of nitro groups is 1. The molecule has 0 saturated heterocycles. The number of benzene rings is 2. The maximum atomic E-state index is 12.0. The smallest absolute Gasteiger partial charge is 0.334 e. The first kappa shape index (κ1) is 17.9. The van der Waals surface area contributed by atoms with E-state index in [2.05, 4.69) is 21.4 Å². The molecule has 1 N–H and O–H groups in total. The third-order valence-electron chi connectivity index (χ3n) is 5.00. The zero-order chi connectivity index (χ0) is 19.7. The van der Waals surface area contributed by atoms with Gasteiger partial charge in [-0.05, 0) is 55.5 Å². The molecule has 142 valence electrons. The molecule has 7 nitrogen and oxygen atoms in total. The molecule has 7 heteroatoms. The van der Waals surface area contributed by atoms with Crippen molar-refractivity contribution in [3.05, 3.63) is 75.6 Å². The number of hydrogen-bond acceptors (Lipinski definition) is 6. The molecule has 1 aromatic heterocycles. The Labute approximate surface area is 163 Å². The molecule has 0 saturated carbocycles. The van der Waals surface area contributed by atoms with Crippen molar-refractivity contribution in [3.8, 4) is 0 Å². The van der Waals surface area contributed by atoms with E-state index in [0.717, 1.165) is 35.3 Å². The van der Waals surface area contributed by atoms with Gasteiger partial charge in [0.25, 0.3) is 0 Å². The predicted octanol–water partition coefficient (Wildman–Crippen LogP) is 4.83. The predicted molar refractivity (Wildman–Crippen MR) is 110 cm³/mol. The molecule has 1 aliphatic heterocycles. The molecule has 0 atom stereocenters. The average molecular weight is 375 g/mol. The first-order valence-electron chi connectivity index (χ1n) is 9.23. The van der Waals surface area contributed by atoms with E-state index in [4.69, 9.17) is 0 Å². The van der Waals surface area contributed by atoms with Gasteiger partial charge in [-0.25, -0.2) is 9.97 Å². The van der Waals surface area contributed by atoms with Crippen LogP contribution in [-0.4, -0.2) is 21.4 Å². The van der Waals surface area contributed by atoms with Gasteiger partial charge in [-0.3, -0.25) is 10.1 Å². The van der Waals surface area contributed by atoms with Crippen LogP contribution < -0.4 is 10.2 Å². The summed E-state index contributed by atoms with van der Waals surface area (Å²) in [5.41, 5.74) is 4.88. The second-order valence-electron chi connectivity index (χ2n) is 6.98. The highest BCUT2D eigenvalue weighted by atomic mass is 16.6. The van der Waals surface area contributed by atoms with Crippen molar-refractivity contribution in [1.82, 2.24) is 9.97 Å². The molecule has 28 heavy (non-hydrogen) atoms. The van der Waals surface area contributed by atoms with E-state index in [-0.39, 0.29) is 11.5 Å². The summed E-state index contributed by atoms with van der Waals surface area (Å²) in [5, 5.41) is 15.1. The average Bonchev–Trinajstić information content (AvgIpc) is 2.70. The fourth-order valence-corrected chi connectivity index (χ4v) is 3.58. The van der Waals surface area contributed by atoms with E-state index < -0.39 is 4.92 Å². The number of fused-ring (bicyclic) bond motifs is 1. The summed E-state index contributed by atoms with van der Waals surface area (Å²) in [6, 6.07) is 13.9. The first-order valence-corrected chi connectivity index (χ1v) is 9.23. The van der Waals surface area contributed by atoms with Crippen molar-refractivity contribution in [2.45, 2.75) is 26.7 Å². The Kier molecular flexibility index (Phi) is 4.65. The van der Waals surface area contributed by atoms with Gasteiger partial charge in [0.2, 0.25) is 11.6 Å². The fourth-order valence-electron chi connectivity index (χ4n) is 3.58. The first-order chi connectivity index (χ1) is 13.5. The lowest BCUT2D eigenvalue weighted by atomic mass is 10.0. The summed E-state index contributed by atoms with van der Waals surface area (Å²) >= 11 is 0. The molecule has 0 spiro atoms. The number of nitrogens with zero attached hydrogens (tertiary/aromatic N) is 4. The fraction of sp³-hybridized carbons (Fsp3) is 0.238. The lowest BCUT2D eigenvalue weighted by Gasteiger charge is -2.30. The highest BCUT2D eigenvalue weighted by Gasteiger charge is 2.30. The van der Waals surface area contributed by atoms with Crippen LogP contribution in [0, 0.1) is 24.0 Å². The summed E-state index contributed by atoms with van der Waals surface area (Å²) < 4.78 is 0. The van der Waals surface area contributed by atoms with Crippen molar-refractivity contribution in [3.63, 3.8) is 0 Å². The third kappa shape index (κ3) is 3.26. The largest absolute Gasteiger partial charge is 0.354 e. The molecule has 0 radical (unpaired) electrons. The van der Waals surface area contributed by atoms with Crippen LogP contribution in [0.25, 0.3) is 0 Å². The van der Waals surface area contributed by atoms with Gasteiger partial charge in [0.15, 0.2) is 0 Å². The second kappa shape index (κ2) is 7.26. The lowest BCUT2D eigenvalue weighted by molar-refractivity contribution is -0.383. The Hall–Kier alpha value is -3.48. The SMILES string of the molecule is Cc1ccc(C)c(Nc2ncnc(N3CCCc4ccccc43)c2[N+](=O)[O-])c1. The van der Waals surface area contributed by atoms with Crippen LogP contribution >= 0.6 is 0 Å². The monoisotopic (exact) mass is 375 g/mol. The Morgan fingerprint density at radius 3 is 2.79 bits per heavy atom. The number of aryl methyl sites for hydroxylation is 3. The van der Waals surface area contributed by atoms with E-state index in [1.807, 2.05) is 55.1 Å². The number of anilines is 4. The minimum Gasteiger partial charge on any atom is -0.334 e. The zero-order valence-corrected chi connectivity index (χ0v) is 15.8. The molecule has 2 aromatic carbocycles. The molecule has 2 heterocycles. The van der Waals surface area contributed by atoms with Gasteiger partial charge in [-0.15, -0.1) is 0 Å². The van der Waals surface area contributed by atoms with E-state index >= 15 is 0 Å². The van der Waals surface area contributed by atoms with E-state index in [0.29, 0.717) is 12.4 Å². The minimum absolute atomic E-state index is 0.111. The standard InChI is InChI=1S/C21H21N5O2/c1-14-9-10-15(2)17(12-14)24-20-19(26(27)28)21(23-13-22-20)25-11-5-7-16-6-3-4-8-18(16)25/h3-4,6,8-10,12-13H,5,7,11H2,1-2H3,(H,22,23,24). The number of aromatic nitrogens is 2. The summed E-state index contributed by atoms with van der Waals surface area (Å²) in [6.45, 7) is 4.61. The summed E-state index contributed by atoms with van der Waals surface area (Å²) in [7, 11) is 0. The van der Waals surface area contributed by atoms with Crippen LogP contribution in [0.15, 0.2) is 48.8 Å². The highest BCUT2D eigenvalue weighted by molar-refractivity contribution is 5.80. The van der Waals surface area contributed by atoms with Crippen LogP contribution in [0.3, 0.4) is 0 Å². The van der Waals surface area contributed by atoms with Gasteiger partial charge in [-0.1, -0.05) is 30.3 Å². The molecular formula is C21H21N5O2. The molecule has 0 fully saturated rings. The minimum atomic E-state index is -0.403. The van der Waals surface area contributed by atoms with Crippen LogP contribution in [0.2, 0.25) is 0 Å². The van der Waals surface area contributed by atoms with Crippen molar-refractivity contribution < 1.29 is 4.92 Å². The molecule has 3 aromatic rings. The topological polar surface area (TPSA) is 84.2 Å². The molecule has 4 rings (SSSR count). The Morgan fingerprint density at radius 2 is 1.96 bits per heavy atom. The summed E-state index contributed by atoms with van der Waals surface area (Å²) in [4.78, 5) is 22.0. The van der Waals surface area contributed by atoms with Crippen molar-refractivity contribution in [2.24, 2.45) is 0 Å². The molecular weight excluding hydrogens is 354 g/mol. The van der Waals surface area contributed by atoms with Crippen LogP contribution in [0.1, 0.15) is 23.1 Å². The van der Waals surface area contributed by atoms with Gasteiger partial charge in [0, 0.05) is 17.9 Å². The van der Waals surface area contributed by atoms with E-state index in [9.17, 15) is 10.1 Å². The number of rotatable bonds is 4. The van der Waals surface area contributed by atoms with Gasteiger partial charge < -0.3 is 10.2 Å². The normalized spacial score (nSPS) is 13.1. The van der Waals surface area contributed by atoms with Crippen molar-refractivity contribution in [2.75, 3.05) is 16.8 Å². The second-order valence-corrected chi connectivity index (χ2v) is 6.98. The molecule has 0 aliphatic carbocycles. The maximum absolute atomic E-state index is 12.0. The molecule has 0 bridgehead atoms. The Morgan fingerprint density at radius 1 is 1.14 bits per heavy atom. The third-order valence-corrected chi connectivity index (χ3v) is 5.00. The Bertz CT molecular complexity index is 1050. The summed E-state index contributed by atoms with van der Waals surface area (Å²) in [5.74, 6) is 0.520. The maximum Gasteiger partial charge on any atom is 0.354 e. The van der Waals surface area contributed by atoms with Crippen LogP contribution in [0.4, 0.5) is 28.7 Å². The Balaban J connectivity index is 1.81. The number of nitrogens with one attached hydrogen (secondary N) is 1. The highest BCUT2D eigenvalue weighted by Crippen LogP contribution is 2.40. The number of hydrogen-bond donors (Lipinski definition) is 1. The van der Waals surface area contributed by atoms with Gasteiger partial charge >= 0.3 is 5.69 Å². The van der Waals surface area contributed by atoms with E-state index in [1.54, 1.807) is 0 Å². The molecule has 1 aliphatic rings. The summed E-state index contributed by atoms with van der Waals surface area (Å²) in [6.07, 6.45) is 3.25. The van der Waals surface area contributed by atoms with Crippen LogP contribution in [0.5, 0.6) is 0 Å². The van der Waals surface area contributed by atoms with Gasteiger partial charge in [0.05, 0.1) is 4.92 Å². The van der Waals surface area contributed by atoms with Crippen LogP contribution in [-0.2, 0) is 6.42 Å². The van der Waals surface area contributed by atoms with Crippen molar-refractivity contribution in [1.29, 1.82) is 0 Å². The van der Waals surface area contributed by atoms with Crippen molar-refractivity contribution >= 4 is 28.7 Å². The van der Waals surface area contributed by atoms with Gasteiger partial charge in [-0.2, -0.15) is 0 Å².